The van der Waals surface area contributed by atoms with Gasteiger partial charge in [-0.3, -0.25) is 10.4 Å². The molecule has 0 aliphatic rings. The van der Waals surface area contributed by atoms with Gasteiger partial charge < -0.3 is 5.73 Å². The molecule has 0 amide bonds. The molecule has 0 radical (unpaired) electrons. The van der Waals surface area contributed by atoms with E-state index in [0.717, 1.165) is 13.0 Å². The van der Waals surface area contributed by atoms with Crippen LogP contribution in [-0.4, -0.2) is 18.6 Å². The van der Waals surface area contributed by atoms with Gasteiger partial charge in [-0.05, 0) is 6.42 Å². The van der Waals surface area contributed by atoms with Crippen LogP contribution in [0.5, 0.6) is 0 Å². The zero-order valence-corrected chi connectivity index (χ0v) is 5.72. The summed E-state index contributed by atoms with van der Waals surface area (Å²) in [6, 6.07) is 0. The zero-order chi connectivity index (χ0) is 7.11. The van der Waals surface area contributed by atoms with Gasteiger partial charge in [0.05, 0.1) is 5.84 Å². The van der Waals surface area contributed by atoms with Crippen molar-refractivity contribution >= 4 is 12.1 Å². The highest BCUT2D eigenvalue weighted by atomic mass is 14.7. The molecule has 0 spiro atoms. The van der Waals surface area contributed by atoms with Gasteiger partial charge in [-0.15, -0.1) is 0 Å². The highest BCUT2D eigenvalue weighted by Crippen LogP contribution is 1.77. The Hall–Kier alpha value is -0.860. The topological polar surface area (TPSA) is 62.2 Å². The summed E-state index contributed by atoms with van der Waals surface area (Å²) in [6.45, 7) is 2.90. The van der Waals surface area contributed by atoms with Gasteiger partial charge in [-0.25, -0.2) is 0 Å². The minimum atomic E-state index is 0.176. The van der Waals surface area contributed by atoms with Gasteiger partial charge >= 0.3 is 0 Å². The van der Waals surface area contributed by atoms with Gasteiger partial charge in [-0.1, -0.05) is 6.92 Å². The fourth-order valence-corrected chi connectivity index (χ4v) is 0.383. The Morgan fingerprint density at radius 3 is 2.89 bits per heavy atom. The first-order chi connectivity index (χ1) is 4.27. The summed E-state index contributed by atoms with van der Waals surface area (Å²) in [6.07, 6.45) is 3.22. The average Bonchev–Trinajstić information content (AvgIpc) is 1.80. The molecule has 0 aromatic carbocycles. The smallest absolute Gasteiger partial charge is 0.0959 e. The Bertz CT molecular complexity index is 107. The van der Waals surface area contributed by atoms with Gasteiger partial charge in [0.25, 0.3) is 0 Å². The fraction of sp³-hybridized carbons (Fsp3) is 0.667. The van der Waals surface area contributed by atoms with Crippen molar-refractivity contribution in [2.24, 2.45) is 10.7 Å². The lowest BCUT2D eigenvalue weighted by Gasteiger charge is -1.87. The summed E-state index contributed by atoms with van der Waals surface area (Å²) in [7, 11) is 0. The van der Waals surface area contributed by atoms with Crippen LogP contribution in [0, 0.1) is 5.41 Å². The van der Waals surface area contributed by atoms with Crippen LogP contribution < -0.4 is 5.73 Å². The van der Waals surface area contributed by atoms with E-state index in [1.165, 1.54) is 0 Å². The number of aliphatic imine (C=N–C) groups is 1. The average molecular weight is 127 g/mol. The van der Waals surface area contributed by atoms with Crippen LogP contribution in [0.1, 0.15) is 19.8 Å². The van der Waals surface area contributed by atoms with E-state index < -0.39 is 0 Å². The Kier molecular flexibility index (Phi) is 4.78. The molecule has 0 saturated heterocycles. The Morgan fingerprint density at radius 1 is 1.78 bits per heavy atom. The third kappa shape index (κ3) is 7.14. The molecule has 0 aliphatic heterocycles. The molecule has 0 unspecified atom stereocenters. The van der Waals surface area contributed by atoms with Crippen molar-refractivity contribution in [2.75, 3.05) is 6.54 Å². The predicted molar refractivity (Wildman–Crippen MR) is 40.2 cm³/mol. The molecule has 0 aliphatic carbocycles. The third-order valence-corrected chi connectivity index (χ3v) is 0.793. The number of nitrogens with one attached hydrogen (secondary N) is 1. The molecule has 0 bridgehead atoms. The van der Waals surface area contributed by atoms with Crippen molar-refractivity contribution < 1.29 is 0 Å². The Labute approximate surface area is 55.5 Å². The normalized spacial score (nSPS) is 10.3. The maximum atomic E-state index is 6.82. The molecule has 3 heteroatoms. The lowest BCUT2D eigenvalue weighted by atomic mass is 10.4. The van der Waals surface area contributed by atoms with E-state index in [1.54, 1.807) is 6.21 Å². The lowest BCUT2D eigenvalue weighted by molar-refractivity contribution is 0.934. The summed E-state index contributed by atoms with van der Waals surface area (Å²) in [5.74, 6) is 0.176. The van der Waals surface area contributed by atoms with Crippen molar-refractivity contribution in [3.8, 4) is 0 Å². The van der Waals surface area contributed by atoms with E-state index in [9.17, 15) is 0 Å². The quantitative estimate of drug-likeness (QED) is 0.425. The van der Waals surface area contributed by atoms with Gasteiger partial charge in [0, 0.05) is 19.2 Å². The van der Waals surface area contributed by atoms with Crippen LogP contribution in [0.4, 0.5) is 0 Å². The van der Waals surface area contributed by atoms with Crippen molar-refractivity contribution in [1.82, 2.24) is 0 Å². The van der Waals surface area contributed by atoms with Crippen LogP contribution in [-0.2, 0) is 0 Å². The largest absolute Gasteiger partial charge is 0.387 e. The maximum absolute atomic E-state index is 6.82. The van der Waals surface area contributed by atoms with Crippen LogP contribution in [0.3, 0.4) is 0 Å². The first kappa shape index (κ1) is 8.14. The molecule has 0 aromatic rings. The molecular weight excluding hydrogens is 114 g/mol. The van der Waals surface area contributed by atoms with Gasteiger partial charge in [0.1, 0.15) is 0 Å². The number of hydrogen-bond acceptors (Lipinski definition) is 2. The van der Waals surface area contributed by atoms with Crippen LogP contribution >= 0.6 is 0 Å². The predicted octanol–water partition coefficient (Wildman–Crippen LogP) is 0.793. The third-order valence-electron chi connectivity index (χ3n) is 0.793. The van der Waals surface area contributed by atoms with Crippen LogP contribution in [0.25, 0.3) is 0 Å². The number of nitrogens with zero attached hydrogens (tertiary/aromatic N) is 1. The molecule has 0 rings (SSSR count). The van der Waals surface area contributed by atoms with Crippen molar-refractivity contribution in [3.05, 3.63) is 0 Å². The van der Waals surface area contributed by atoms with Crippen molar-refractivity contribution in [3.63, 3.8) is 0 Å². The summed E-state index contributed by atoms with van der Waals surface area (Å²) in [5.41, 5.74) is 5.07. The van der Waals surface area contributed by atoms with E-state index in [2.05, 4.69) is 11.9 Å². The number of amidine groups is 1. The molecule has 3 N–H and O–H groups in total. The first-order valence-electron chi connectivity index (χ1n) is 3.08. The lowest BCUT2D eigenvalue weighted by Crippen LogP contribution is -2.09. The Morgan fingerprint density at radius 2 is 2.44 bits per heavy atom. The minimum absolute atomic E-state index is 0.176. The molecule has 3 nitrogen and oxygen atoms in total. The summed E-state index contributed by atoms with van der Waals surface area (Å²) in [5, 5.41) is 6.82. The summed E-state index contributed by atoms with van der Waals surface area (Å²) >= 11 is 0. The second kappa shape index (κ2) is 5.28. The van der Waals surface area contributed by atoms with Gasteiger partial charge in [0.2, 0.25) is 0 Å². The van der Waals surface area contributed by atoms with E-state index in [0.29, 0.717) is 6.42 Å². The molecular formula is C6H13N3. The molecule has 0 saturated carbocycles. The van der Waals surface area contributed by atoms with E-state index in [-0.39, 0.29) is 5.84 Å². The number of hydrogen-bond donors (Lipinski definition) is 2. The second-order valence-corrected chi connectivity index (χ2v) is 1.82. The van der Waals surface area contributed by atoms with E-state index in [4.69, 9.17) is 11.1 Å². The summed E-state index contributed by atoms with van der Waals surface area (Å²) < 4.78 is 0. The standard InChI is InChI=1S/C6H13N3/c1-2-4-9-5-3-6(7)8/h5H,2-4H2,1H3,(H3,7,8). The van der Waals surface area contributed by atoms with E-state index in [1.807, 2.05) is 0 Å². The second-order valence-electron chi connectivity index (χ2n) is 1.82. The van der Waals surface area contributed by atoms with Crippen LogP contribution in [0.15, 0.2) is 4.99 Å². The zero-order valence-electron chi connectivity index (χ0n) is 5.72. The maximum Gasteiger partial charge on any atom is 0.0959 e. The van der Waals surface area contributed by atoms with E-state index >= 15 is 0 Å². The molecule has 52 valence electrons. The highest BCUT2D eigenvalue weighted by molar-refractivity contribution is 5.90. The molecule has 0 aromatic heterocycles. The Balaban J connectivity index is 3.14. The summed E-state index contributed by atoms with van der Waals surface area (Å²) in [4.78, 5) is 3.98. The van der Waals surface area contributed by atoms with Crippen LogP contribution in [0.2, 0.25) is 0 Å². The monoisotopic (exact) mass is 127 g/mol. The number of rotatable bonds is 4. The minimum Gasteiger partial charge on any atom is -0.387 e. The number of nitrogens with two attached hydrogens (primary N) is 1. The molecule has 0 atom stereocenters. The van der Waals surface area contributed by atoms with Gasteiger partial charge in [0.15, 0.2) is 0 Å². The fourth-order valence-electron chi connectivity index (χ4n) is 0.383. The molecule has 0 heterocycles. The highest BCUT2D eigenvalue weighted by Gasteiger charge is 1.80. The van der Waals surface area contributed by atoms with Crippen molar-refractivity contribution in [2.45, 2.75) is 19.8 Å². The first-order valence-corrected chi connectivity index (χ1v) is 3.08. The van der Waals surface area contributed by atoms with Crippen molar-refractivity contribution in [1.29, 1.82) is 5.41 Å². The molecule has 0 fully saturated rings. The molecule has 9 heavy (non-hydrogen) atoms. The van der Waals surface area contributed by atoms with Gasteiger partial charge in [-0.2, -0.15) is 0 Å². The SMILES string of the molecule is CCCN=CCC(=N)N.